The van der Waals surface area contributed by atoms with Gasteiger partial charge < -0.3 is 9.47 Å². The van der Waals surface area contributed by atoms with Gasteiger partial charge in [0.25, 0.3) is 6.47 Å². The molecule has 23 heavy (non-hydrogen) atoms. The summed E-state index contributed by atoms with van der Waals surface area (Å²) in [6.45, 7) is 3.27. The molecule has 3 aromatic rings. The molecule has 3 heteroatoms. The van der Waals surface area contributed by atoms with E-state index in [1.807, 2.05) is 42.5 Å². The Morgan fingerprint density at radius 2 is 1.57 bits per heavy atom. The van der Waals surface area contributed by atoms with E-state index in [4.69, 9.17) is 4.74 Å². The minimum Gasteiger partial charge on any atom is -0.488 e. The maximum atomic E-state index is 9.18. The van der Waals surface area contributed by atoms with Crippen molar-refractivity contribution in [2.75, 3.05) is 6.61 Å². The second kappa shape index (κ2) is 9.26. The summed E-state index contributed by atoms with van der Waals surface area (Å²) in [7, 11) is 0. The minimum atomic E-state index is 0.431. The summed E-state index contributed by atoms with van der Waals surface area (Å²) in [4.78, 5) is 9.18. The lowest BCUT2D eigenvalue weighted by atomic mass is 10.1. The molecule has 3 aromatic carbocycles. The molecule has 0 saturated heterocycles. The Hall–Kier alpha value is -2.81. The fourth-order valence-corrected chi connectivity index (χ4v) is 2.12. The first-order chi connectivity index (χ1) is 11.3. The lowest BCUT2D eigenvalue weighted by Gasteiger charge is -2.09. The number of carbonyl (C=O) groups excluding carboxylic acids is 1. The molecule has 3 rings (SSSR count). The standard InChI is InChI=1S/C17H14O.C3H6O2/c1-2-7-14(8-3-1)13-18-17-12-6-10-15-9-4-5-11-16(15)17;1-2-5-3-4/h1-12H,13H2;3H,2H2,1H3. The summed E-state index contributed by atoms with van der Waals surface area (Å²) in [6, 6.07) is 24.7. The molecule has 0 heterocycles. The molecule has 0 aliphatic carbocycles. The van der Waals surface area contributed by atoms with Crippen molar-refractivity contribution in [2.24, 2.45) is 0 Å². The van der Waals surface area contributed by atoms with Gasteiger partial charge in [0, 0.05) is 5.39 Å². The van der Waals surface area contributed by atoms with Crippen LogP contribution in [-0.4, -0.2) is 13.1 Å². The van der Waals surface area contributed by atoms with E-state index in [0.717, 1.165) is 11.1 Å². The topological polar surface area (TPSA) is 35.5 Å². The van der Waals surface area contributed by atoms with Gasteiger partial charge in [0.15, 0.2) is 0 Å². The summed E-state index contributed by atoms with van der Waals surface area (Å²) in [5.74, 6) is 0.942. The van der Waals surface area contributed by atoms with E-state index in [2.05, 4.69) is 35.1 Å². The van der Waals surface area contributed by atoms with E-state index in [0.29, 0.717) is 19.7 Å². The van der Waals surface area contributed by atoms with Crippen LogP contribution < -0.4 is 4.74 Å². The zero-order chi connectivity index (χ0) is 16.3. The first kappa shape index (κ1) is 16.6. The maximum absolute atomic E-state index is 9.18. The molecule has 118 valence electrons. The summed E-state index contributed by atoms with van der Waals surface area (Å²) in [6.07, 6.45) is 0. The lowest BCUT2D eigenvalue weighted by molar-refractivity contribution is -0.128. The van der Waals surface area contributed by atoms with Gasteiger partial charge in [0.1, 0.15) is 12.4 Å². The van der Waals surface area contributed by atoms with Crippen LogP contribution in [-0.2, 0) is 16.1 Å². The van der Waals surface area contributed by atoms with Crippen molar-refractivity contribution in [1.82, 2.24) is 0 Å². The highest BCUT2D eigenvalue weighted by molar-refractivity contribution is 5.88. The fraction of sp³-hybridized carbons (Fsp3) is 0.150. The highest BCUT2D eigenvalue weighted by atomic mass is 16.5. The van der Waals surface area contributed by atoms with Gasteiger partial charge in [-0.3, -0.25) is 4.79 Å². The highest BCUT2D eigenvalue weighted by Gasteiger charge is 2.01. The van der Waals surface area contributed by atoms with Crippen molar-refractivity contribution in [2.45, 2.75) is 13.5 Å². The summed E-state index contributed by atoms with van der Waals surface area (Å²) in [5.41, 5.74) is 1.19. The predicted molar refractivity (Wildman–Crippen MR) is 92.4 cm³/mol. The molecule has 0 spiro atoms. The third-order valence-electron chi connectivity index (χ3n) is 3.22. The van der Waals surface area contributed by atoms with Crippen LogP contribution >= 0.6 is 0 Å². The van der Waals surface area contributed by atoms with E-state index < -0.39 is 0 Å². The van der Waals surface area contributed by atoms with E-state index in [-0.39, 0.29) is 0 Å². The molecule has 0 atom stereocenters. The van der Waals surface area contributed by atoms with E-state index in [1.54, 1.807) is 6.92 Å². The molecular weight excluding hydrogens is 288 g/mol. The van der Waals surface area contributed by atoms with Crippen LogP contribution in [0, 0.1) is 0 Å². The van der Waals surface area contributed by atoms with Gasteiger partial charge in [-0.15, -0.1) is 0 Å². The first-order valence-corrected chi connectivity index (χ1v) is 7.55. The number of hydrogen-bond donors (Lipinski definition) is 0. The Labute approximate surface area is 136 Å². The SMILES string of the molecule is CCOC=O.c1ccc(COc2cccc3ccccc23)cc1. The molecule has 0 unspecified atom stereocenters. The molecule has 0 bridgehead atoms. The number of fused-ring (bicyclic) bond motifs is 1. The van der Waals surface area contributed by atoms with Gasteiger partial charge in [-0.05, 0) is 23.9 Å². The molecule has 0 radical (unpaired) electrons. The van der Waals surface area contributed by atoms with Gasteiger partial charge in [-0.25, -0.2) is 0 Å². The van der Waals surface area contributed by atoms with Gasteiger partial charge in [-0.1, -0.05) is 66.7 Å². The van der Waals surface area contributed by atoms with E-state index in [9.17, 15) is 4.79 Å². The quantitative estimate of drug-likeness (QED) is 0.646. The lowest BCUT2D eigenvalue weighted by Crippen LogP contribution is -1.95. The molecule has 0 aliphatic rings. The zero-order valence-corrected chi connectivity index (χ0v) is 13.1. The van der Waals surface area contributed by atoms with Crippen molar-refractivity contribution in [1.29, 1.82) is 0 Å². The van der Waals surface area contributed by atoms with Crippen molar-refractivity contribution in [3.05, 3.63) is 78.4 Å². The molecule has 0 fully saturated rings. The maximum Gasteiger partial charge on any atom is 0.293 e. The predicted octanol–water partition coefficient (Wildman–Crippen LogP) is 4.60. The molecule has 0 amide bonds. The summed E-state index contributed by atoms with van der Waals surface area (Å²) >= 11 is 0. The van der Waals surface area contributed by atoms with Crippen molar-refractivity contribution in [3.63, 3.8) is 0 Å². The number of hydrogen-bond acceptors (Lipinski definition) is 3. The van der Waals surface area contributed by atoms with Crippen LogP contribution in [0.5, 0.6) is 5.75 Å². The van der Waals surface area contributed by atoms with Crippen molar-refractivity contribution in [3.8, 4) is 5.75 Å². The molecule has 0 N–H and O–H groups in total. The summed E-state index contributed by atoms with van der Waals surface area (Å²) < 4.78 is 10.1. The van der Waals surface area contributed by atoms with Crippen molar-refractivity contribution < 1.29 is 14.3 Å². The highest BCUT2D eigenvalue weighted by Crippen LogP contribution is 2.25. The smallest absolute Gasteiger partial charge is 0.293 e. The third kappa shape index (κ3) is 5.15. The average Bonchev–Trinajstić information content (AvgIpc) is 2.62. The summed E-state index contributed by atoms with van der Waals surface area (Å²) in [5, 5.41) is 2.37. The van der Waals surface area contributed by atoms with Crippen molar-refractivity contribution >= 4 is 17.2 Å². The van der Waals surface area contributed by atoms with Crippen LogP contribution in [0.1, 0.15) is 12.5 Å². The van der Waals surface area contributed by atoms with Crippen LogP contribution in [0.4, 0.5) is 0 Å². The second-order valence-corrected chi connectivity index (χ2v) is 4.80. The van der Waals surface area contributed by atoms with Crippen LogP contribution in [0.2, 0.25) is 0 Å². The number of benzene rings is 3. The monoisotopic (exact) mass is 308 g/mol. The first-order valence-electron chi connectivity index (χ1n) is 7.55. The molecule has 0 aromatic heterocycles. The van der Waals surface area contributed by atoms with Gasteiger partial charge in [0.2, 0.25) is 0 Å². The average molecular weight is 308 g/mol. The Balaban J connectivity index is 0.000000338. The van der Waals surface area contributed by atoms with E-state index in [1.165, 1.54) is 10.9 Å². The normalized spacial score (nSPS) is 9.61. The van der Waals surface area contributed by atoms with Crippen LogP contribution in [0.25, 0.3) is 10.8 Å². The fourth-order valence-electron chi connectivity index (χ4n) is 2.12. The van der Waals surface area contributed by atoms with Gasteiger partial charge in [0.05, 0.1) is 6.61 Å². The molecule has 3 nitrogen and oxygen atoms in total. The number of carbonyl (C=O) groups is 1. The van der Waals surface area contributed by atoms with E-state index >= 15 is 0 Å². The largest absolute Gasteiger partial charge is 0.488 e. The Morgan fingerprint density at radius 3 is 2.26 bits per heavy atom. The van der Waals surface area contributed by atoms with Gasteiger partial charge in [-0.2, -0.15) is 0 Å². The minimum absolute atomic E-state index is 0.431. The zero-order valence-electron chi connectivity index (χ0n) is 13.1. The van der Waals surface area contributed by atoms with Crippen LogP contribution in [0.15, 0.2) is 72.8 Å². The second-order valence-electron chi connectivity index (χ2n) is 4.80. The Bertz CT molecular complexity index is 718. The Kier molecular flexibility index (Phi) is 6.66. The van der Waals surface area contributed by atoms with Crippen LogP contribution in [0.3, 0.4) is 0 Å². The number of rotatable bonds is 5. The Morgan fingerprint density at radius 1 is 0.870 bits per heavy atom. The molecular formula is C20H20O3. The van der Waals surface area contributed by atoms with Gasteiger partial charge >= 0.3 is 0 Å². The molecule has 0 saturated carbocycles. The number of ether oxygens (including phenoxy) is 2. The molecule has 0 aliphatic heterocycles. The third-order valence-corrected chi connectivity index (χ3v) is 3.22.